The first-order valence-corrected chi connectivity index (χ1v) is 6.59. The summed E-state index contributed by atoms with van der Waals surface area (Å²) in [5.74, 6) is 1.54. The average Bonchev–Trinajstić information content (AvgIpc) is 2.83. The lowest BCUT2D eigenvalue weighted by Crippen LogP contribution is -1.91. The molecule has 3 rings (SSSR count). The topological polar surface area (TPSA) is 51.8 Å². The predicted octanol–water partition coefficient (Wildman–Crippen LogP) is 4.13. The number of para-hydroxylation sites is 1. The average molecular weight is 284 g/mol. The highest BCUT2D eigenvalue weighted by Gasteiger charge is 2.17. The van der Waals surface area contributed by atoms with Crippen LogP contribution in [-0.2, 0) is 0 Å². The molecule has 0 aliphatic rings. The van der Waals surface area contributed by atoms with Crippen molar-refractivity contribution in [2.75, 3.05) is 14.2 Å². The van der Waals surface area contributed by atoms with Crippen LogP contribution in [0.5, 0.6) is 17.2 Å². The van der Waals surface area contributed by atoms with Crippen LogP contribution in [-0.4, -0.2) is 19.3 Å². The SMILES string of the molecule is COc1cc(-c2c(C)oc3ccccc23)cc(OC)c1O. The van der Waals surface area contributed by atoms with E-state index >= 15 is 0 Å². The summed E-state index contributed by atoms with van der Waals surface area (Å²) in [5, 5.41) is 11.0. The first-order valence-electron chi connectivity index (χ1n) is 6.59. The summed E-state index contributed by atoms with van der Waals surface area (Å²) in [6.07, 6.45) is 0. The van der Waals surface area contributed by atoms with Gasteiger partial charge in [-0.25, -0.2) is 0 Å². The van der Waals surface area contributed by atoms with Gasteiger partial charge in [0.15, 0.2) is 11.5 Å². The molecule has 0 aliphatic carbocycles. The molecule has 1 N–H and O–H groups in total. The van der Waals surface area contributed by atoms with Crippen LogP contribution in [0.1, 0.15) is 5.76 Å². The van der Waals surface area contributed by atoms with Gasteiger partial charge in [0.1, 0.15) is 11.3 Å². The van der Waals surface area contributed by atoms with Crippen LogP contribution < -0.4 is 9.47 Å². The highest BCUT2D eigenvalue weighted by molar-refractivity contribution is 5.96. The van der Waals surface area contributed by atoms with Gasteiger partial charge < -0.3 is 19.0 Å². The van der Waals surface area contributed by atoms with Gasteiger partial charge in [-0.05, 0) is 30.7 Å². The number of rotatable bonds is 3. The maximum absolute atomic E-state index is 10.0. The van der Waals surface area contributed by atoms with Crippen LogP contribution >= 0.6 is 0 Å². The van der Waals surface area contributed by atoms with E-state index in [0.717, 1.165) is 27.9 Å². The highest BCUT2D eigenvalue weighted by atomic mass is 16.5. The second-order valence-electron chi connectivity index (χ2n) is 4.76. The molecule has 2 aromatic carbocycles. The first kappa shape index (κ1) is 13.4. The maximum Gasteiger partial charge on any atom is 0.200 e. The zero-order valence-corrected chi connectivity index (χ0v) is 12.1. The Hall–Kier alpha value is -2.62. The summed E-state index contributed by atoms with van der Waals surface area (Å²) in [5.41, 5.74) is 2.68. The van der Waals surface area contributed by atoms with Crippen molar-refractivity contribution < 1.29 is 19.0 Å². The molecule has 0 atom stereocenters. The lowest BCUT2D eigenvalue weighted by Gasteiger charge is -2.11. The molecule has 0 bridgehead atoms. The fraction of sp³-hybridized carbons (Fsp3) is 0.176. The van der Waals surface area contributed by atoms with E-state index in [2.05, 4.69) is 0 Å². The Labute approximate surface area is 122 Å². The van der Waals surface area contributed by atoms with Crippen LogP contribution in [0.25, 0.3) is 22.1 Å². The molecule has 0 saturated heterocycles. The minimum Gasteiger partial charge on any atom is -0.502 e. The number of furan rings is 1. The van der Waals surface area contributed by atoms with Crippen LogP contribution in [0.3, 0.4) is 0 Å². The van der Waals surface area contributed by atoms with Crippen molar-refractivity contribution in [1.29, 1.82) is 0 Å². The number of hydrogen-bond donors (Lipinski definition) is 1. The molecule has 0 aliphatic heterocycles. The standard InChI is InChI=1S/C17H16O4/c1-10-16(12-6-4-5-7-13(12)21-10)11-8-14(19-2)17(18)15(9-11)20-3/h4-9,18H,1-3H3. The summed E-state index contributed by atoms with van der Waals surface area (Å²) in [7, 11) is 3.03. The first-order chi connectivity index (χ1) is 10.2. The monoisotopic (exact) mass is 284 g/mol. The molecule has 0 unspecified atom stereocenters. The van der Waals surface area contributed by atoms with Gasteiger partial charge in [0.25, 0.3) is 0 Å². The van der Waals surface area contributed by atoms with E-state index in [1.54, 1.807) is 12.1 Å². The molecule has 1 aromatic heterocycles. The molecule has 0 radical (unpaired) electrons. The Morgan fingerprint density at radius 1 is 1.00 bits per heavy atom. The zero-order valence-electron chi connectivity index (χ0n) is 12.1. The van der Waals surface area contributed by atoms with Crippen molar-refractivity contribution in [3.05, 3.63) is 42.2 Å². The molecule has 4 heteroatoms. The van der Waals surface area contributed by atoms with Crippen molar-refractivity contribution in [2.24, 2.45) is 0 Å². The van der Waals surface area contributed by atoms with Gasteiger partial charge in [-0.2, -0.15) is 0 Å². The quantitative estimate of drug-likeness (QED) is 0.785. The molecule has 0 spiro atoms. The van der Waals surface area contributed by atoms with Crippen molar-refractivity contribution in [3.8, 4) is 28.4 Å². The minimum atomic E-state index is -0.00537. The molecule has 1 heterocycles. The fourth-order valence-corrected chi connectivity index (χ4v) is 2.56. The molecule has 0 fully saturated rings. The predicted molar refractivity (Wildman–Crippen MR) is 81.2 cm³/mol. The smallest absolute Gasteiger partial charge is 0.200 e. The number of ether oxygens (including phenoxy) is 2. The Kier molecular flexibility index (Phi) is 3.22. The maximum atomic E-state index is 10.0. The third-order valence-electron chi connectivity index (χ3n) is 3.54. The van der Waals surface area contributed by atoms with Gasteiger partial charge in [-0.15, -0.1) is 0 Å². The van der Waals surface area contributed by atoms with Crippen molar-refractivity contribution in [3.63, 3.8) is 0 Å². The second kappa shape index (κ2) is 5.05. The van der Waals surface area contributed by atoms with Gasteiger partial charge in [0.05, 0.1) is 14.2 Å². The number of aryl methyl sites for hydroxylation is 1. The molecular weight excluding hydrogens is 268 g/mol. The number of benzene rings is 2. The van der Waals surface area contributed by atoms with Gasteiger partial charge in [0, 0.05) is 10.9 Å². The summed E-state index contributed by atoms with van der Waals surface area (Å²) < 4.78 is 16.2. The summed E-state index contributed by atoms with van der Waals surface area (Å²) in [6.45, 7) is 1.92. The normalized spacial score (nSPS) is 10.8. The largest absolute Gasteiger partial charge is 0.502 e. The van der Waals surface area contributed by atoms with E-state index in [1.807, 2.05) is 31.2 Å². The number of hydrogen-bond acceptors (Lipinski definition) is 4. The number of phenolic OH excluding ortho intramolecular Hbond substituents is 1. The van der Waals surface area contributed by atoms with Crippen molar-refractivity contribution >= 4 is 11.0 Å². The van der Waals surface area contributed by atoms with Gasteiger partial charge in [0.2, 0.25) is 5.75 Å². The molecule has 108 valence electrons. The second-order valence-corrected chi connectivity index (χ2v) is 4.76. The van der Waals surface area contributed by atoms with E-state index in [0.29, 0.717) is 11.5 Å². The Morgan fingerprint density at radius 2 is 1.62 bits per heavy atom. The van der Waals surface area contributed by atoms with E-state index in [9.17, 15) is 5.11 Å². The lowest BCUT2D eigenvalue weighted by atomic mass is 10.0. The number of methoxy groups -OCH3 is 2. The molecule has 0 amide bonds. The number of fused-ring (bicyclic) bond motifs is 1. The van der Waals surface area contributed by atoms with E-state index in [1.165, 1.54) is 14.2 Å². The van der Waals surface area contributed by atoms with Crippen LogP contribution in [0, 0.1) is 6.92 Å². The number of phenols is 1. The van der Waals surface area contributed by atoms with Gasteiger partial charge >= 0.3 is 0 Å². The van der Waals surface area contributed by atoms with Crippen LogP contribution in [0.15, 0.2) is 40.8 Å². The summed E-state index contributed by atoms with van der Waals surface area (Å²) in [6, 6.07) is 11.4. The zero-order chi connectivity index (χ0) is 15.0. The van der Waals surface area contributed by atoms with Crippen LogP contribution in [0.4, 0.5) is 0 Å². The molecule has 4 nitrogen and oxygen atoms in total. The van der Waals surface area contributed by atoms with E-state index in [4.69, 9.17) is 13.9 Å². The van der Waals surface area contributed by atoms with Crippen molar-refractivity contribution in [2.45, 2.75) is 6.92 Å². The van der Waals surface area contributed by atoms with E-state index < -0.39 is 0 Å². The Balaban J connectivity index is 2.30. The third-order valence-corrected chi connectivity index (χ3v) is 3.54. The Morgan fingerprint density at radius 3 is 2.24 bits per heavy atom. The minimum absolute atomic E-state index is 0.00537. The molecule has 21 heavy (non-hydrogen) atoms. The molecular formula is C17H16O4. The summed E-state index contributed by atoms with van der Waals surface area (Å²) >= 11 is 0. The lowest BCUT2D eigenvalue weighted by molar-refractivity contribution is 0.340. The van der Waals surface area contributed by atoms with Gasteiger partial charge in [-0.3, -0.25) is 0 Å². The Bertz CT molecular complexity index is 777. The highest BCUT2D eigenvalue weighted by Crippen LogP contribution is 2.43. The summed E-state index contributed by atoms with van der Waals surface area (Å²) in [4.78, 5) is 0. The third kappa shape index (κ3) is 2.09. The number of aromatic hydroxyl groups is 1. The van der Waals surface area contributed by atoms with E-state index in [-0.39, 0.29) is 5.75 Å². The fourth-order valence-electron chi connectivity index (χ4n) is 2.56. The molecule has 0 saturated carbocycles. The van der Waals surface area contributed by atoms with Gasteiger partial charge in [-0.1, -0.05) is 18.2 Å². The van der Waals surface area contributed by atoms with Crippen molar-refractivity contribution in [1.82, 2.24) is 0 Å². The molecule has 3 aromatic rings. The van der Waals surface area contributed by atoms with Crippen LogP contribution in [0.2, 0.25) is 0 Å².